The molecule has 0 fully saturated rings. The highest BCUT2D eigenvalue weighted by Gasteiger charge is 2.23. The monoisotopic (exact) mass is 728 g/mol. The van der Waals surface area contributed by atoms with Crippen LogP contribution in [-0.2, 0) is 19.6 Å². The predicted octanol–water partition coefficient (Wildman–Crippen LogP) is 6.74. The number of furan rings is 2. The van der Waals surface area contributed by atoms with E-state index in [1.165, 1.54) is 29.1 Å². The molecule has 0 spiro atoms. The van der Waals surface area contributed by atoms with Gasteiger partial charge >= 0.3 is 0 Å². The average molecular weight is 729 g/mol. The Hall–Kier alpha value is -7.43. The van der Waals surface area contributed by atoms with Crippen molar-refractivity contribution in [1.29, 1.82) is 0 Å². The number of fused-ring (bicyclic) bond motifs is 2. The van der Waals surface area contributed by atoms with Crippen molar-refractivity contribution in [2.75, 3.05) is 10.6 Å². The number of aromatic amines is 1. The molecule has 0 amide bonds. The molecule has 0 saturated carbocycles. The fourth-order valence-electron chi connectivity index (χ4n) is 5.68. The van der Waals surface area contributed by atoms with Gasteiger partial charge in [-0.2, -0.15) is 20.3 Å². The van der Waals surface area contributed by atoms with Crippen LogP contribution in [0.1, 0.15) is 16.7 Å². The fourth-order valence-corrected chi connectivity index (χ4v) is 5.68. The molecule has 6 heterocycles. The molecule has 0 aliphatic heterocycles. The number of halogens is 3. The van der Waals surface area contributed by atoms with Crippen molar-refractivity contribution in [2.45, 2.75) is 19.6 Å². The van der Waals surface area contributed by atoms with Crippen molar-refractivity contribution < 1.29 is 22.0 Å². The zero-order valence-corrected chi connectivity index (χ0v) is 28.0. The van der Waals surface area contributed by atoms with Gasteiger partial charge in [0.2, 0.25) is 17.5 Å². The molecule has 14 nitrogen and oxygen atoms in total. The van der Waals surface area contributed by atoms with Crippen molar-refractivity contribution in [1.82, 2.24) is 50.3 Å². The Morgan fingerprint density at radius 1 is 0.630 bits per heavy atom. The first-order valence-corrected chi connectivity index (χ1v) is 16.4. The van der Waals surface area contributed by atoms with Crippen LogP contribution in [0.5, 0.6) is 0 Å². The standard InChI is InChI=1S/C29H21F3N6O.C8H6N6O/c30-22-11-4-1-8-19(22)16-37(17-20-9-2-5-12-23(20)31)29-33-26(25-14-7-15-39-25)27-28(34-29)38(36-35-27)18-21-10-3-6-13-24(21)32;9-8-10-5(4-2-1-3-15-4)6-7(11-8)13-14-12-6/h1-15H,16-18H2;1-3H,(H3,9,10,11,12,13,14). The van der Waals surface area contributed by atoms with Gasteiger partial charge in [0.25, 0.3) is 0 Å². The minimum Gasteiger partial charge on any atom is -0.463 e. The van der Waals surface area contributed by atoms with Crippen LogP contribution in [-0.4, -0.2) is 50.3 Å². The molecule has 0 bridgehead atoms. The largest absolute Gasteiger partial charge is 0.463 e. The summed E-state index contributed by atoms with van der Waals surface area (Å²) in [4.78, 5) is 19.1. The molecule has 3 N–H and O–H groups in total. The second kappa shape index (κ2) is 14.7. The quantitative estimate of drug-likeness (QED) is 0.160. The third-order valence-electron chi connectivity index (χ3n) is 8.26. The van der Waals surface area contributed by atoms with E-state index in [-0.39, 0.29) is 37.3 Å². The molecular formula is C37H27F3N12O2. The highest BCUT2D eigenvalue weighted by molar-refractivity contribution is 5.86. The summed E-state index contributed by atoms with van der Waals surface area (Å²) in [5.41, 5.74) is 9.24. The van der Waals surface area contributed by atoms with Crippen molar-refractivity contribution in [3.63, 3.8) is 0 Å². The number of nitrogens with zero attached hydrogens (tertiary/aromatic N) is 10. The lowest BCUT2D eigenvalue weighted by Gasteiger charge is -2.24. The summed E-state index contributed by atoms with van der Waals surface area (Å²) in [6.45, 7) is 0.176. The molecule has 54 heavy (non-hydrogen) atoms. The molecule has 3 aromatic carbocycles. The lowest BCUT2D eigenvalue weighted by atomic mass is 10.1. The highest BCUT2D eigenvalue weighted by Crippen LogP contribution is 2.30. The van der Waals surface area contributed by atoms with E-state index in [2.05, 4.69) is 35.7 Å². The first kappa shape index (κ1) is 33.7. The summed E-state index contributed by atoms with van der Waals surface area (Å²) in [5, 5.41) is 18.7. The summed E-state index contributed by atoms with van der Waals surface area (Å²) in [6.07, 6.45) is 3.06. The van der Waals surface area contributed by atoms with E-state index in [9.17, 15) is 13.2 Å². The van der Waals surface area contributed by atoms with E-state index in [0.29, 0.717) is 61.9 Å². The molecule has 268 valence electrons. The number of anilines is 2. The highest BCUT2D eigenvalue weighted by atomic mass is 19.1. The Balaban J connectivity index is 0.000000228. The third-order valence-corrected chi connectivity index (χ3v) is 8.26. The molecule has 6 aromatic heterocycles. The summed E-state index contributed by atoms with van der Waals surface area (Å²) in [6, 6.07) is 26.0. The molecule has 0 unspecified atom stereocenters. The van der Waals surface area contributed by atoms with E-state index in [4.69, 9.17) is 24.5 Å². The van der Waals surface area contributed by atoms with Crippen molar-refractivity contribution >= 4 is 34.2 Å². The zero-order valence-electron chi connectivity index (χ0n) is 28.0. The number of nitrogens with two attached hydrogens (primary N) is 1. The average Bonchev–Trinajstić information content (AvgIpc) is 4.02. The molecule has 0 radical (unpaired) electrons. The maximum atomic E-state index is 14.7. The zero-order chi connectivity index (χ0) is 37.0. The van der Waals surface area contributed by atoms with Gasteiger partial charge in [-0.15, -0.1) is 10.2 Å². The molecule has 0 aliphatic rings. The van der Waals surface area contributed by atoms with E-state index < -0.39 is 11.6 Å². The van der Waals surface area contributed by atoms with Crippen LogP contribution in [0.4, 0.5) is 25.1 Å². The number of nitrogen functional groups attached to an aromatic ring is 1. The molecule has 17 heteroatoms. The number of rotatable bonds is 9. The lowest BCUT2D eigenvalue weighted by molar-refractivity contribution is 0.578. The van der Waals surface area contributed by atoms with Crippen LogP contribution in [0.15, 0.2) is 118 Å². The van der Waals surface area contributed by atoms with Crippen LogP contribution in [0, 0.1) is 17.5 Å². The second-order valence-electron chi connectivity index (χ2n) is 11.8. The molecule has 0 aliphatic carbocycles. The number of H-pyrrole nitrogens is 1. The van der Waals surface area contributed by atoms with Gasteiger partial charge in [0.1, 0.15) is 28.8 Å². The minimum atomic E-state index is -0.408. The number of nitrogens with one attached hydrogen (secondary N) is 1. The Morgan fingerprint density at radius 2 is 1.20 bits per heavy atom. The lowest BCUT2D eigenvalue weighted by Crippen LogP contribution is -2.26. The van der Waals surface area contributed by atoms with E-state index in [1.54, 1.807) is 90.0 Å². The molecular weight excluding hydrogens is 701 g/mol. The van der Waals surface area contributed by atoms with Crippen LogP contribution < -0.4 is 10.6 Å². The Labute approximate surface area is 303 Å². The Kier molecular flexibility index (Phi) is 9.15. The SMILES string of the molecule is Fc1ccccc1CN(Cc1ccccc1F)c1nc(-c2ccco2)c2nnn(Cc3ccccc3F)c2n1.Nc1nc(-c2ccco2)c2n[nH]nc2n1. The topological polar surface area (TPSA) is 179 Å². The normalized spacial score (nSPS) is 11.2. The van der Waals surface area contributed by atoms with Gasteiger partial charge in [-0.05, 0) is 42.5 Å². The van der Waals surface area contributed by atoms with Crippen LogP contribution >= 0.6 is 0 Å². The van der Waals surface area contributed by atoms with E-state index in [1.807, 2.05) is 0 Å². The van der Waals surface area contributed by atoms with Crippen LogP contribution in [0.3, 0.4) is 0 Å². The van der Waals surface area contributed by atoms with Gasteiger partial charge in [0, 0.05) is 29.8 Å². The van der Waals surface area contributed by atoms with Crippen molar-refractivity contribution in [3.05, 3.63) is 144 Å². The van der Waals surface area contributed by atoms with Crippen molar-refractivity contribution in [3.8, 4) is 22.9 Å². The molecule has 9 aromatic rings. The molecule has 0 atom stereocenters. The van der Waals surface area contributed by atoms with Gasteiger partial charge in [0.15, 0.2) is 28.2 Å². The van der Waals surface area contributed by atoms with Crippen LogP contribution in [0.2, 0.25) is 0 Å². The first-order valence-electron chi connectivity index (χ1n) is 16.4. The number of benzene rings is 3. The molecule has 9 rings (SSSR count). The maximum absolute atomic E-state index is 14.7. The van der Waals surface area contributed by atoms with Crippen LogP contribution in [0.25, 0.3) is 45.2 Å². The summed E-state index contributed by atoms with van der Waals surface area (Å²) >= 11 is 0. The number of aromatic nitrogens is 10. The number of hydrogen-bond donors (Lipinski definition) is 2. The predicted molar refractivity (Wildman–Crippen MR) is 191 cm³/mol. The Morgan fingerprint density at radius 3 is 1.78 bits per heavy atom. The summed E-state index contributed by atoms with van der Waals surface area (Å²) < 4.78 is 56.2. The maximum Gasteiger partial charge on any atom is 0.228 e. The van der Waals surface area contributed by atoms with Crippen molar-refractivity contribution in [2.24, 2.45) is 0 Å². The van der Waals surface area contributed by atoms with E-state index in [0.717, 1.165) is 0 Å². The van der Waals surface area contributed by atoms with E-state index >= 15 is 0 Å². The third kappa shape index (κ3) is 6.92. The summed E-state index contributed by atoms with van der Waals surface area (Å²) in [5.74, 6) is 0.119. The van der Waals surface area contributed by atoms with Gasteiger partial charge in [0.05, 0.1) is 19.1 Å². The minimum absolute atomic E-state index is 0.0546. The first-order chi connectivity index (χ1) is 26.4. The smallest absolute Gasteiger partial charge is 0.228 e. The van der Waals surface area contributed by atoms with Gasteiger partial charge in [-0.1, -0.05) is 59.8 Å². The van der Waals surface area contributed by atoms with Gasteiger partial charge in [-0.3, -0.25) is 0 Å². The fraction of sp³-hybridized carbons (Fsp3) is 0.0811. The van der Waals surface area contributed by atoms with Gasteiger partial charge < -0.3 is 19.5 Å². The Bertz CT molecular complexity index is 2630. The molecule has 0 saturated heterocycles. The van der Waals surface area contributed by atoms with Gasteiger partial charge in [-0.25, -0.2) is 27.8 Å². The summed E-state index contributed by atoms with van der Waals surface area (Å²) in [7, 11) is 0. The number of hydrogen-bond acceptors (Lipinski definition) is 12. The second-order valence-corrected chi connectivity index (χ2v) is 11.8.